The van der Waals surface area contributed by atoms with Crippen molar-refractivity contribution < 1.29 is 14.7 Å². The first-order valence-electron chi connectivity index (χ1n) is 5.08. The summed E-state index contributed by atoms with van der Waals surface area (Å²) in [6.45, 7) is 1.41. The Bertz CT molecular complexity index is 432. The first kappa shape index (κ1) is 13.0. The molecule has 0 aliphatic rings. The van der Waals surface area contributed by atoms with Gasteiger partial charge in [-0.15, -0.1) is 0 Å². The van der Waals surface area contributed by atoms with Crippen LogP contribution in [0.4, 0.5) is 5.69 Å². The maximum Gasteiger partial charge on any atom is 0.325 e. The number of carbonyl (C=O) groups excluding carboxylic acids is 1. The van der Waals surface area contributed by atoms with Crippen molar-refractivity contribution in [2.45, 2.75) is 13.0 Å². The first-order valence-corrected chi connectivity index (χ1v) is 5.08. The quantitative estimate of drug-likeness (QED) is 0.789. The minimum absolute atomic E-state index is 0.352. The van der Waals surface area contributed by atoms with E-state index in [1.54, 1.807) is 31.3 Å². The number of aromatic nitrogens is 1. The van der Waals surface area contributed by atoms with Gasteiger partial charge in [-0.1, -0.05) is 0 Å². The zero-order valence-electron chi connectivity index (χ0n) is 9.97. The number of anilines is 1. The number of hydrogen-bond acceptors (Lipinski definition) is 4. The van der Waals surface area contributed by atoms with Crippen LogP contribution in [-0.2, 0) is 4.79 Å². The number of carbonyl (C=O) groups is 2. The van der Waals surface area contributed by atoms with Crippen molar-refractivity contribution in [3.05, 3.63) is 24.0 Å². The van der Waals surface area contributed by atoms with E-state index in [-0.39, 0.29) is 0 Å². The molecule has 0 spiro atoms. The Balaban J connectivity index is 2.93. The molecule has 0 unspecified atom stereocenters. The van der Waals surface area contributed by atoms with Crippen LogP contribution in [0.5, 0.6) is 0 Å². The van der Waals surface area contributed by atoms with Crippen molar-refractivity contribution in [1.82, 2.24) is 10.3 Å². The molecular formula is C11H15N3O3. The van der Waals surface area contributed by atoms with E-state index < -0.39 is 17.9 Å². The zero-order chi connectivity index (χ0) is 13.0. The molecule has 0 fully saturated rings. The van der Waals surface area contributed by atoms with Crippen molar-refractivity contribution in [3.63, 3.8) is 0 Å². The van der Waals surface area contributed by atoms with Gasteiger partial charge < -0.3 is 15.3 Å². The Morgan fingerprint density at radius 3 is 2.65 bits per heavy atom. The zero-order valence-corrected chi connectivity index (χ0v) is 9.97. The number of nitrogens with zero attached hydrogens (tertiary/aromatic N) is 2. The largest absolute Gasteiger partial charge is 0.480 e. The molecule has 0 aromatic carbocycles. The highest BCUT2D eigenvalue weighted by Gasteiger charge is 2.18. The SMILES string of the molecule is C[C@@H](NC(=O)c1cnccc1N(C)C)C(=O)O. The van der Waals surface area contributed by atoms with Crippen LogP contribution in [0.25, 0.3) is 0 Å². The Kier molecular flexibility index (Phi) is 4.03. The van der Waals surface area contributed by atoms with Crippen molar-refractivity contribution in [1.29, 1.82) is 0 Å². The second-order valence-electron chi connectivity index (χ2n) is 3.82. The second-order valence-corrected chi connectivity index (χ2v) is 3.82. The molecule has 0 aliphatic carbocycles. The number of rotatable bonds is 4. The third-order valence-corrected chi connectivity index (χ3v) is 2.24. The van der Waals surface area contributed by atoms with E-state index in [9.17, 15) is 9.59 Å². The molecule has 1 aromatic heterocycles. The molecule has 1 rings (SSSR count). The van der Waals surface area contributed by atoms with Crippen LogP contribution in [0.2, 0.25) is 0 Å². The van der Waals surface area contributed by atoms with E-state index in [1.807, 2.05) is 0 Å². The fraction of sp³-hybridized carbons (Fsp3) is 0.364. The van der Waals surface area contributed by atoms with Gasteiger partial charge in [0.05, 0.1) is 11.3 Å². The van der Waals surface area contributed by atoms with Gasteiger partial charge in [0.1, 0.15) is 6.04 Å². The third-order valence-electron chi connectivity index (χ3n) is 2.24. The van der Waals surface area contributed by atoms with Crippen LogP contribution in [0.1, 0.15) is 17.3 Å². The molecule has 1 amide bonds. The van der Waals surface area contributed by atoms with Crippen LogP contribution in [0, 0.1) is 0 Å². The van der Waals surface area contributed by atoms with Crippen LogP contribution in [-0.4, -0.2) is 42.1 Å². The fourth-order valence-electron chi connectivity index (χ4n) is 1.29. The lowest BCUT2D eigenvalue weighted by molar-refractivity contribution is -0.138. The number of carboxylic acids is 1. The van der Waals surface area contributed by atoms with Crippen LogP contribution in [0.15, 0.2) is 18.5 Å². The molecule has 0 saturated heterocycles. The minimum atomic E-state index is -1.08. The highest BCUT2D eigenvalue weighted by atomic mass is 16.4. The van der Waals surface area contributed by atoms with Gasteiger partial charge in [0.2, 0.25) is 0 Å². The molecule has 92 valence electrons. The standard InChI is InChI=1S/C11H15N3O3/c1-7(11(16)17)13-10(15)8-6-12-5-4-9(8)14(2)3/h4-7H,1-3H3,(H,13,15)(H,16,17)/t7-/m1/s1. The van der Waals surface area contributed by atoms with Gasteiger partial charge in [0.25, 0.3) is 5.91 Å². The predicted molar refractivity (Wildman–Crippen MR) is 63.1 cm³/mol. The van der Waals surface area contributed by atoms with Crippen molar-refractivity contribution >= 4 is 17.6 Å². The monoisotopic (exact) mass is 237 g/mol. The summed E-state index contributed by atoms with van der Waals surface area (Å²) in [5.74, 6) is -1.52. The summed E-state index contributed by atoms with van der Waals surface area (Å²) in [5, 5.41) is 11.1. The molecule has 1 aromatic rings. The topological polar surface area (TPSA) is 82.5 Å². The molecule has 2 N–H and O–H groups in total. The summed E-state index contributed by atoms with van der Waals surface area (Å²) in [6, 6.07) is 0.762. The van der Waals surface area contributed by atoms with E-state index in [1.165, 1.54) is 13.1 Å². The van der Waals surface area contributed by atoms with E-state index in [0.29, 0.717) is 11.3 Å². The molecule has 6 nitrogen and oxygen atoms in total. The summed E-state index contributed by atoms with van der Waals surface area (Å²) in [5.41, 5.74) is 1.04. The molecule has 0 aliphatic heterocycles. The van der Waals surface area contributed by atoms with Gasteiger partial charge in [-0.25, -0.2) is 0 Å². The van der Waals surface area contributed by atoms with E-state index in [4.69, 9.17) is 5.11 Å². The van der Waals surface area contributed by atoms with E-state index in [2.05, 4.69) is 10.3 Å². The normalized spacial score (nSPS) is 11.7. The second kappa shape index (κ2) is 5.29. The Morgan fingerprint density at radius 1 is 1.47 bits per heavy atom. The molecule has 1 atom stereocenters. The minimum Gasteiger partial charge on any atom is -0.480 e. The van der Waals surface area contributed by atoms with Crippen molar-refractivity contribution in [3.8, 4) is 0 Å². The van der Waals surface area contributed by atoms with Gasteiger partial charge in [-0.2, -0.15) is 0 Å². The molecule has 0 saturated carbocycles. The first-order chi connectivity index (χ1) is 7.93. The summed E-state index contributed by atoms with van der Waals surface area (Å²) < 4.78 is 0. The lowest BCUT2D eigenvalue weighted by Gasteiger charge is -2.17. The lowest BCUT2D eigenvalue weighted by atomic mass is 10.2. The number of hydrogen-bond donors (Lipinski definition) is 2. The van der Waals surface area contributed by atoms with Gasteiger partial charge in [0, 0.05) is 26.5 Å². The number of aliphatic carboxylic acids is 1. The molecular weight excluding hydrogens is 222 g/mol. The third kappa shape index (κ3) is 3.17. The van der Waals surface area contributed by atoms with Crippen LogP contribution >= 0.6 is 0 Å². The lowest BCUT2D eigenvalue weighted by Crippen LogP contribution is -2.38. The van der Waals surface area contributed by atoms with Crippen molar-refractivity contribution in [2.24, 2.45) is 0 Å². The molecule has 17 heavy (non-hydrogen) atoms. The fourth-order valence-corrected chi connectivity index (χ4v) is 1.29. The Morgan fingerprint density at radius 2 is 2.12 bits per heavy atom. The number of nitrogens with one attached hydrogen (secondary N) is 1. The van der Waals surface area contributed by atoms with Gasteiger partial charge in [0.15, 0.2) is 0 Å². The van der Waals surface area contributed by atoms with Crippen LogP contribution in [0.3, 0.4) is 0 Å². The maximum absolute atomic E-state index is 11.8. The highest BCUT2D eigenvalue weighted by Crippen LogP contribution is 2.16. The van der Waals surface area contributed by atoms with Gasteiger partial charge in [-0.05, 0) is 13.0 Å². The average molecular weight is 237 g/mol. The summed E-state index contributed by atoms with van der Waals surface area (Å²) in [6.07, 6.45) is 2.99. The number of pyridine rings is 1. The van der Waals surface area contributed by atoms with Gasteiger partial charge in [-0.3, -0.25) is 14.6 Å². The Hall–Kier alpha value is -2.11. The molecule has 0 radical (unpaired) electrons. The molecule has 6 heteroatoms. The van der Waals surface area contributed by atoms with E-state index >= 15 is 0 Å². The Labute approximate surface area is 99.3 Å². The smallest absolute Gasteiger partial charge is 0.325 e. The van der Waals surface area contributed by atoms with Gasteiger partial charge >= 0.3 is 5.97 Å². The summed E-state index contributed by atoms with van der Waals surface area (Å²) in [4.78, 5) is 28.1. The number of carboxylic acid groups (broad SMARTS) is 1. The summed E-state index contributed by atoms with van der Waals surface area (Å²) >= 11 is 0. The average Bonchev–Trinajstić information content (AvgIpc) is 2.28. The predicted octanol–water partition coefficient (Wildman–Crippen LogP) is 0.350. The summed E-state index contributed by atoms with van der Waals surface area (Å²) in [7, 11) is 3.60. The molecule has 1 heterocycles. The van der Waals surface area contributed by atoms with E-state index in [0.717, 1.165) is 0 Å². The van der Waals surface area contributed by atoms with Crippen LogP contribution < -0.4 is 10.2 Å². The highest BCUT2D eigenvalue weighted by molar-refractivity contribution is 6.00. The molecule has 0 bridgehead atoms. The number of amides is 1. The van der Waals surface area contributed by atoms with Crippen molar-refractivity contribution in [2.75, 3.05) is 19.0 Å². The maximum atomic E-state index is 11.8.